The third-order valence-electron chi connectivity index (χ3n) is 11.2. The molecule has 0 fully saturated rings. The molecule has 256 valence electrons. The minimum Gasteiger partial charge on any atom is -0.309 e. The van der Waals surface area contributed by atoms with Crippen molar-refractivity contribution >= 4 is 45.3 Å². The van der Waals surface area contributed by atoms with Crippen LogP contribution in [0.1, 0.15) is 25.0 Å². The second kappa shape index (κ2) is 12.1. The maximum Gasteiger partial charge on any atom is 0.0716 e. The maximum atomic E-state index is 5.30. The quantitative estimate of drug-likeness (QED) is 0.180. The van der Waals surface area contributed by atoms with Crippen LogP contribution in [0.3, 0.4) is 0 Å². The van der Waals surface area contributed by atoms with E-state index in [1.54, 1.807) is 0 Å². The van der Waals surface area contributed by atoms with Gasteiger partial charge < -0.3 is 4.57 Å². The standard InChI is InChI=1S/C50H34N2S2/c1-50(2)39-26-24-37-36-20-9-10-21-42(36)52(48(37)46(39)38-25-27-45-49(47(38)50)54-44-23-12-11-22-43(44)53-45)35-19-13-18-33(28-35)41-30-34(31-14-5-3-6-15-31)29-40(51-41)32-16-7-4-8-17-32/h3-30H,1-2H3. The third-order valence-corrected chi connectivity index (χ3v) is 13.8. The fraction of sp³-hybridized carbons (Fsp3) is 0.0600. The van der Waals surface area contributed by atoms with Crippen molar-refractivity contribution < 1.29 is 0 Å². The van der Waals surface area contributed by atoms with E-state index in [0.29, 0.717) is 0 Å². The summed E-state index contributed by atoms with van der Waals surface area (Å²) in [6, 6.07) is 61.8. The first-order valence-electron chi connectivity index (χ1n) is 18.5. The van der Waals surface area contributed by atoms with Crippen molar-refractivity contribution in [2.75, 3.05) is 0 Å². The van der Waals surface area contributed by atoms with Gasteiger partial charge in [0.2, 0.25) is 0 Å². The van der Waals surface area contributed by atoms with Crippen LogP contribution in [0.15, 0.2) is 189 Å². The van der Waals surface area contributed by atoms with E-state index in [9.17, 15) is 0 Å². The number of benzene rings is 7. The summed E-state index contributed by atoms with van der Waals surface area (Å²) in [5, 5.41) is 2.54. The van der Waals surface area contributed by atoms with Crippen molar-refractivity contribution in [1.82, 2.24) is 9.55 Å². The Morgan fingerprint density at radius 2 is 1.17 bits per heavy atom. The van der Waals surface area contributed by atoms with Crippen molar-refractivity contribution in [2.24, 2.45) is 0 Å². The molecule has 0 unspecified atom stereocenters. The fourth-order valence-corrected chi connectivity index (χ4v) is 11.3. The Balaban J connectivity index is 1.14. The van der Waals surface area contributed by atoms with Crippen molar-refractivity contribution in [3.8, 4) is 50.5 Å². The van der Waals surface area contributed by atoms with E-state index < -0.39 is 0 Å². The Hall–Kier alpha value is -5.81. The van der Waals surface area contributed by atoms with Gasteiger partial charge in [-0.15, -0.1) is 0 Å². The molecular formula is C50H34N2S2. The van der Waals surface area contributed by atoms with Crippen molar-refractivity contribution in [1.29, 1.82) is 0 Å². The molecule has 0 bridgehead atoms. The number of hydrogen-bond acceptors (Lipinski definition) is 3. The first-order valence-corrected chi connectivity index (χ1v) is 20.1. The highest BCUT2D eigenvalue weighted by Gasteiger charge is 2.41. The van der Waals surface area contributed by atoms with E-state index in [4.69, 9.17) is 4.98 Å². The highest BCUT2D eigenvalue weighted by Crippen LogP contribution is 2.60. The molecule has 0 saturated carbocycles. The summed E-state index contributed by atoms with van der Waals surface area (Å²) < 4.78 is 2.51. The Bertz CT molecular complexity index is 2900. The maximum absolute atomic E-state index is 5.30. The summed E-state index contributed by atoms with van der Waals surface area (Å²) in [4.78, 5) is 10.7. The summed E-state index contributed by atoms with van der Waals surface area (Å²) in [5.74, 6) is 0. The van der Waals surface area contributed by atoms with Crippen LogP contribution in [0.5, 0.6) is 0 Å². The first-order chi connectivity index (χ1) is 26.5. The lowest BCUT2D eigenvalue weighted by molar-refractivity contribution is 0.642. The average Bonchev–Trinajstić information content (AvgIpc) is 3.69. The predicted molar refractivity (Wildman–Crippen MR) is 227 cm³/mol. The molecule has 11 rings (SSSR count). The van der Waals surface area contributed by atoms with Gasteiger partial charge in [0.25, 0.3) is 0 Å². The Kier molecular flexibility index (Phi) is 7.11. The van der Waals surface area contributed by atoms with E-state index in [0.717, 1.165) is 33.8 Å². The molecule has 2 aromatic heterocycles. The molecule has 0 spiro atoms. The number of pyridine rings is 1. The van der Waals surface area contributed by atoms with E-state index in [2.05, 4.69) is 188 Å². The zero-order valence-corrected chi connectivity index (χ0v) is 31.5. The van der Waals surface area contributed by atoms with E-state index >= 15 is 0 Å². The van der Waals surface area contributed by atoms with Crippen LogP contribution in [-0.2, 0) is 5.41 Å². The highest BCUT2D eigenvalue weighted by molar-refractivity contribution is 8.05. The third kappa shape index (κ3) is 4.80. The molecule has 7 aromatic carbocycles. The molecule has 4 heteroatoms. The van der Waals surface area contributed by atoms with Gasteiger partial charge in [0, 0.05) is 58.1 Å². The number of hydrogen-bond donors (Lipinski definition) is 0. The van der Waals surface area contributed by atoms with E-state index in [1.165, 1.54) is 69.2 Å². The van der Waals surface area contributed by atoms with E-state index in [-0.39, 0.29) is 5.41 Å². The monoisotopic (exact) mass is 726 g/mol. The summed E-state index contributed by atoms with van der Waals surface area (Å²) in [6.45, 7) is 4.83. The number of aromatic nitrogens is 2. The topological polar surface area (TPSA) is 17.8 Å². The van der Waals surface area contributed by atoms with Crippen LogP contribution in [0, 0.1) is 0 Å². The Labute approximate surface area is 323 Å². The lowest BCUT2D eigenvalue weighted by Gasteiger charge is -2.28. The number of rotatable bonds is 4. The van der Waals surface area contributed by atoms with Gasteiger partial charge in [-0.25, -0.2) is 4.98 Å². The van der Waals surface area contributed by atoms with Gasteiger partial charge in [0.15, 0.2) is 0 Å². The van der Waals surface area contributed by atoms with Gasteiger partial charge >= 0.3 is 0 Å². The fourth-order valence-electron chi connectivity index (χ4n) is 8.71. The Morgan fingerprint density at radius 3 is 1.96 bits per heavy atom. The van der Waals surface area contributed by atoms with Crippen molar-refractivity contribution in [3.63, 3.8) is 0 Å². The number of nitrogens with zero attached hydrogens (tertiary/aromatic N) is 2. The Morgan fingerprint density at radius 1 is 0.500 bits per heavy atom. The van der Waals surface area contributed by atoms with Crippen LogP contribution >= 0.6 is 23.5 Å². The SMILES string of the molecule is CC1(C)c2ccc3c4ccccc4n(-c4cccc(-c5cc(-c6ccccc6)cc(-c6ccccc6)n5)c4)c3c2-c2ccc3c(c21)Sc1ccccc1S3. The van der Waals surface area contributed by atoms with Crippen molar-refractivity contribution in [3.05, 3.63) is 181 Å². The molecule has 1 aliphatic heterocycles. The molecule has 0 radical (unpaired) electrons. The first kappa shape index (κ1) is 31.7. The van der Waals surface area contributed by atoms with Gasteiger partial charge in [0.05, 0.1) is 22.4 Å². The lowest BCUT2D eigenvalue weighted by Crippen LogP contribution is -2.17. The molecule has 0 amide bonds. The van der Waals surface area contributed by atoms with Crippen LogP contribution in [0.25, 0.3) is 72.3 Å². The van der Waals surface area contributed by atoms with Crippen LogP contribution in [0.4, 0.5) is 0 Å². The van der Waals surface area contributed by atoms with Crippen LogP contribution < -0.4 is 0 Å². The molecular weight excluding hydrogens is 693 g/mol. The number of para-hydroxylation sites is 1. The summed E-state index contributed by atoms with van der Waals surface area (Å²) >= 11 is 3.84. The molecule has 1 aliphatic carbocycles. The van der Waals surface area contributed by atoms with Crippen LogP contribution in [-0.4, -0.2) is 9.55 Å². The predicted octanol–water partition coefficient (Wildman–Crippen LogP) is 14.1. The molecule has 0 saturated heterocycles. The molecule has 9 aromatic rings. The summed E-state index contributed by atoms with van der Waals surface area (Å²) in [5.41, 5.74) is 15.4. The van der Waals surface area contributed by atoms with Gasteiger partial charge in [-0.2, -0.15) is 0 Å². The average molecular weight is 727 g/mol. The smallest absolute Gasteiger partial charge is 0.0716 e. The zero-order valence-electron chi connectivity index (χ0n) is 29.9. The molecule has 2 nitrogen and oxygen atoms in total. The van der Waals surface area contributed by atoms with Crippen molar-refractivity contribution in [2.45, 2.75) is 38.8 Å². The number of fused-ring (bicyclic) bond motifs is 10. The molecule has 3 heterocycles. The zero-order chi connectivity index (χ0) is 36.0. The summed E-state index contributed by atoms with van der Waals surface area (Å²) in [7, 11) is 0. The minimum absolute atomic E-state index is 0.164. The van der Waals surface area contributed by atoms with E-state index in [1.807, 2.05) is 23.5 Å². The highest BCUT2D eigenvalue weighted by atomic mass is 32.2. The minimum atomic E-state index is -0.164. The van der Waals surface area contributed by atoms with Crippen LogP contribution in [0.2, 0.25) is 0 Å². The second-order valence-corrected chi connectivity index (χ2v) is 16.9. The summed E-state index contributed by atoms with van der Waals surface area (Å²) in [6.07, 6.45) is 0. The van der Waals surface area contributed by atoms with Gasteiger partial charge in [0.1, 0.15) is 0 Å². The molecule has 0 atom stereocenters. The normalized spacial score (nSPS) is 13.7. The van der Waals surface area contributed by atoms with Gasteiger partial charge in [-0.3, -0.25) is 0 Å². The molecule has 54 heavy (non-hydrogen) atoms. The second-order valence-electron chi connectivity index (χ2n) is 14.7. The van der Waals surface area contributed by atoms with Gasteiger partial charge in [-0.05, 0) is 76.3 Å². The molecule has 0 N–H and O–H groups in total. The largest absolute Gasteiger partial charge is 0.309 e. The lowest BCUT2D eigenvalue weighted by atomic mass is 9.82. The molecule has 2 aliphatic rings. The van der Waals surface area contributed by atoms with Gasteiger partial charge in [-0.1, -0.05) is 159 Å².